The van der Waals surface area contributed by atoms with E-state index in [-0.39, 0.29) is 23.9 Å². The Labute approximate surface area is 154 Å². The van der Waals surface area contributed by atoms with E-state index in [1.54, 1.807) is 12.1 Å². The molecule has 1 saturated heterocycles. The second-order valence-electron chi connectivity index (χ2n) is 7.70. The quantitative estimate of drug-likeness (QED) is 0.789. The normalized spacial score (nSPS) is 32.4. The molecule has 0 amide bonds. The van der Waals surface area contributed by atoms with Gasteiger partial charge in [0.05, 0.1) is 11.1 Å². The highest BCUT2D eigenvalue weighted by molar-refractivity contribution is 7.87. The number of nitrogens with one attached hydrogen (secondary N) is 1. The average Bonchev–Trinajstić information content (AvgIpc) is 2.90. The van der Waals surface area contributed by atoms with E-state index in [9.17, 15) is 31.5 Å². The van der Waals surface area contributed by atoms with Gasteiger partial charge in [-0.05, 0) is 60.8 Å². The van der Waals surface area contributed by atoms with E-state index in [2.05, 4.69) is 4.72 Å². The van der Waals surface area contributed by atoms with Gasteiger partial charge in [-0.1, -0.05) is 6.07 Å². The van der Waals surface area contributed by atoms with Crippen LogP contribution in [0.5, 0.6) is 0 Å². The van der Waals surface area contributed by atoms with Gasteiger partial charge in [0, 0.05) is 6.54 Å². The molecule has 1 heterocycles. The Morgan fingerprint density at radius 1 is 1.22 bits per heavy atom. The number of fused-ring (bicyclic) bond motifs is 1. The standard InChI is InChI=1S/C17H19F3N2O4S/c18-17(19,20)9-22-8-16(21-27(22,25)26)13-3-4-14(16)7-12-5-11(15(23)24)2-1-10(12)6-13/h1-2,5,13-14,21H,3-4,6-9H2,(H,23,24)/t13-,14+,16-/m1/s1. The van der Waals surface area contributed by atoms with Crippen molar-refractivity contribution in [3.05, 3.63) is 34.9 Å². The van der Waals surface area contributed by atoms with E-state index >= 15 is 0 Å². The molecule has 2 aliphatic carbocycles. The molecule has 1 saturated carbocycles. The predicted octanol–water partition coefficient (Wildman–Crippen LogP) is 1.96. The minimum Gasteiger partial charge on any atom is -0.478 e. The van der Waals surface area contributed by atoms with E-state index in [0.717, 1.165) is 17.5 Å². The smallest absolute Gasteiger partial charge is 0.402 e. The number of carboxylic acid groups (broad SMARTS) is 1. The maximum atomic E-state index is 12.8. The van der Waals surface area contributed by atoms with Crippen LogP contribution in [0.3, 0.4) is 0 Å². The fourth-order valence-corrected chi connectivity index (χ4v) is 6.68. The molecule has 3 aliphatic rings. The molecule has 0 aromatic heterocycles. The fourth-order valence-electron chi connectivity index (χ4n) is 4.98. The van der Waals surface area contributed by atoms with Gasteiger partial charge in [-0.3, -0.25) is 0 Å². The molecule has 6 nitrogen and oxygen atoms in total. The highest BCUT2D eigenvalue weighted by atomic mass is 32.2. The number of carbonyl (C=O) groups is 1. The number of hydrogen-bond acceptors (Lipinski definition) is 3. The van der Waals surface area contributed by atoms with Gasteiger partial charge in [0.2, 0.25) is 0 Å². The van der Waals surface area contributed by atoms with E-state index < -0.39 is 34.4 Å². The monoisotopic (exact) mass is 404 g/mol. The van der Waals surface area contributed by atoms with Crippen molar-refractivity contribution in [3.63, 3.8) is 0 Å². The Kier molecular flexibility index (Phi) is 4.10. The molecule has 148 valence electrons. The van der Waals surface area contributed by atoms with Crippen LogP contribution in [0.25, 0.3) is 0 Å². The molecule has 1 spiro atoms. The summed E-state index contributed by atoms with van der Waals surface area (Å²) < 4.78 is 66.4. The lowest BCUT2D eigenvalue weighted by Crippen LogP contribution is -2.52. The molecule has 4 rings (SSSR count). The van der Waals surface area contributed by atoms with Crippen LogP contribution in [0.4, 0.5) is 13.2 Å². The molecule has 1 aliphatic heterocycles. The van der Waals surface area contributed by atoms with Gasteiger partial charge in [-0.2, -0.15) is 30.6 Å². The molecule has 1 aromatic rings. The maximum Gasteiger partial charge on any atom is 0.402 e. The van der Waals surface area contributed by atoms with Crippen LogP contribution in [-0.2, 0) is 23.1 Å². The van der Waals surface area contributed by atoms with Crippen LogP contribution in [0, 0.1) is 11.8 Å². The van der Waals surface area contributed by atoms with E-state index in [1.165, 1.54) is 6.07 Å². The first-order valence-electron chi connectivity index (χ1n) is 8.71. The van der Waals surface area contributed by atoms with Gasteiger partial charge in [-0.15, -0.1) is 0 Å². The summed E-state index contributed by atoms with van der Waals surface area (Å²) in [6, 6.07) is 4.86. The molecule has 2 N–H and O–H groups in total. The van der Waals surface area contributed by atoms with Gasteiger partial charge < -0.3 is 5.11 Å². The van der Waals surface area contributed by atoms with E-state index in [1.807, 2.05) is 0 Å². The first-order valence-corrected chi connectivity index (χ1v) is 10.1. The lowest BCUT2D eigenvalue weighted by Gasteiger charge is -2.33. The number of benzene rings is 1. The van der Waals surface area contributed by atoms with Crippen LogP contribution in [0.2, 0.25) is 0 Å². The molecule has 0 unspecified atom stereocenters. The van der Waals surface area contributed by atoms with Crippen molar-refractivity contribution < 1.29 is 31.5 Å². The summed E-state index contributed by atoms with van der Waals surface area (Å²) in [7, 11) is -4.21. The summed E-state index contributed by atoms with van der Waals surface area (Å²) in [5.74, 6) is -1.33. The molecule has 10 heteroatoms. The Morgan fingerprint density at radius 2 is 1.85 bits per heavy atom. The van der Waals surface area contributed by atoms with Gasteiger partial charge in [-0.25, -0.2) is 4.79 Å². The summed E-state index contributed by atoms with van der Waals surface area (Å²) in [6.07, 6.45) is -2.20. The van der Waals surface area contributed by atoms with E-state index in [4.69, 9.17) is 0 Å². The zero-order valence-corrected chi connectivity index (χ0v) is 15.1. The third-order valence-electron chi connectivity index (χ3n) is 6.16. The largest absolute Gasteiger partial charge is 0.478 e. The lowest BCUT2D eigenvalue weighted by molar-refractivity contribution is -0.136. The predicted molar refractivity (Wildman–Crippen MR) is 89.4 cm³/mol. The average molecular weight is 404 g/mol. The second kappa shape index (κ2) is 5.92. The number of halogens is 3. The minimum absolute atomic E-state index is 0.118. The van der Waals surface area contributed by atoms with Crippen molar-refractivity contribution in [2.45, 2.75) is 37.4 Å². The molecular formula is C17H19F3N2O4S. The van der Waals surface area contributed by atoms with Gasteiger partial charge >= 0.3 is 12.1 Å². The zero-order valence-electron chi connectivity index (χ0n) is 14.3. The summed E-state index contributed by atoms with van der Waals surface area (Å²) in [5, 5.41) is 9.20. The summed E-state index contributed by atoms with van der Waals surface area (Å²) in [4.78, 5) is 11.2. The summed E-state index contributed by atoms with van der Waals surface area (Å²) in [5.41, 5.74) is 1.01. The number of carboxylic acids is 1. The minimum atomic E-state index is -4.61. The van der Waals surface area contributed by atoms with Crippen molar-refractivity contribution in [3.8, 4) is 0 Å². The molecule has 2 bridgehead atoms. The zero-order chi connectivity index (χ0) is 19.6. The molecule has 1 aromatic carbocycles. The maximum absolute atomic E-state index is 12.8. The Bertz CT molecular complexity index is 902. The molecule has 27 heavy (non-hydrogen) atoms. The summed E-state index contributed by atoms with van der Waals surface area (Å²) >= 11 is 0. The third kappa shape index (κ3) is 3.13. The fraction of sp³-hybridized carbons (Fsp3) is 0.588. The second-order valence-corrected chi connectivity index (χ2v) is 9.37. The Morgan fingerprint density at radius 3 is 2.44 bits per heavy atom. The van der Waals surface area contributed by atoms with Crippen molar-refractivity contribution in [1.82, 2.24) is 9.03 Å². The molecule has 3 atom stereocenters. The van der Waals surface area contributed by atoms with Crippen LogP contribution in [0.15, 0.2) is 18.2 Å². The van der Waals surface area contributed by atoms with Crippen molar-refractivity contribution >= 4 is 16.2 Å². The van der Waals surface area contributed by atoms with Crippen LogP contribution < -0.4 is 4.72 Å². The third-order valence-corrected chi connectivity index (χ3v) is 7.74. The number of nitrogens with zero attached hydrogens (tertiary/aromatic N) is 1. The van der Waals surface area contributed by atoms with Crippen molar-refractivity contribution in [2.24, 2.45) is 11.8 Å². The van der Waals surface area contributed by atoms with Crippen LogP contribution in [-0.4, -0.2) is 48.6 Å². The van der Waals surface area contributed by atoms with Gasteiger partial charge in [0.25, 0.3) is 10.2 Å². The molecule has 2 fully saturated rings. The SMILES string of the molecule is O=C(O)c1ccc2c(c1)C[C@@H]1CC[C@H](C2)[C@]12CN(CC(F)(F)F)S(=O)(=O)N2. The van der Waals surface area contributed by atoms with Crippen molar-refractivity contribution in [2.75, 3.05) is 13.1 Å². The highest BCUT2D eigenvalue weighted by Gasteiger charge is 2.60. The van der Waals surface area contributed by atoms with Crippen LogP contribution >= 0.6 is 0 Å². The Balaban J connectivity index is 1.69. The lowest BCUT2D eigenvalue weighted by atomic mass is 9.79. The topological polar surface area (TPSA) is 86.7 Å². The van der Waals surface area contributed by atoms with Crippen molar-refractivity contribution in [1.29, 1.82) is 0 Å². The summed E-state index contributed by atoms with van der Waals surface area (Å²) in [6.45, 7) is -1.70. The number of aromatic carboxylic acids is 1. The molecule has 0 radical (unpaired) electrons. The highest BCUT2D eigenvalue weighted by Crippen LogP contribution is 2.50. The van der Waals surface area contributed by atoms with Gasteiger partial charge in [0.15, 0.2) is 0 Å². The number of alkyl halides is 3. The van der Waals surface area contributed by atoms with Gasteiger partial charge in [0.1, 0.15) is 6.54 Å². The van der Waals surface area contributed by atoms with E-state index in [0.29, 0.717) is 23.6 Å². The van der Waals surface area contributed by atoms with Crippen LogP contribution in [0.1, 0.15) is 34.3 Å². The first kappa shape index (κ1) is 18.7. The number of rotatable bonds is 2. The number of hydrogen-bond donors (Lipinski definition) is 2. The Hall–Kier alpha value is -1.65. The molecular weight excluding hydrogens is 385 g/mol. The first-order chi connectivity index (χ1) is 12.5.